The lowest BCUT2D eigenvalue weighted by atomic mass is 10.2. The Kier molecular flexibility index (Phi) is 9.84. The molecule has 0 spiro atoms. The van der Waals surface area contributed by atoms with Crippen molar-refractivity contribution in [2.45, 2.75) is 33.9 Å². The first-order valence-corrected chi connectivity index (χ1v) is 17.0. The molecule has 3 heterocycles. The number of nitrogens with zero attached hydrogens (tertiary/aromatic N) is 4. The maximum Gasteiger partial charge on any atom is 0.246 e. The molecule has 0 saturated carbocycles. The van der Waals surface area contributed by atoms with Crippen molar-refractivity contribution >= 4 is 25.4 Å². The van der Waals surface area contributed by atoms with Crippen molar-refractivity contribution in [3.63, 3.8) is 0 Å². The third-order valence-electron chi connectivity index (χ3n) is 6.08. The lowest BCUT2D eigenvalue weighted by Gasteiger charge is -2.26. The van der Waals surface area contributed by atoms with E-state index in [2.05, 4.69) is 27.2 Å². The molecule has 0 amide bonds. The van der Waals surface area contributed by atoms with E-state index in [-0.39, 0.29) is 0 Å². The van der Waals surface area contributed by atoms with Crippen molar-refractivity contribution < 1.29 is 13.7 Å². The van der Waals surface area contributed by atoms with Gasteiger partial charge in [0.25, 0.3) is 0 Å². The van der Waals surface area contributed by atoms with Gasteiger partial charge >= 0.3 is 0 Å². The summed E-state index contributed by atoms with van der Waals surface area (Å²) in [6, 6.07) is 7.97. The molecule has 1 fully saturated rings. The zero-order chi connectivity index (χ0) is 25.6. The van der Waals surface area contributed by atoms with Gasteiger partial charge in [-0.2, -0.15) is 0 Å². The first kappa shape index (κ1) is 28.2. The van der Waals surface area contributed by atoms with Gasteiger partial charge in [-0.1, -0.05) is 0 Å². The van der Waals surface area contributed by atoms with Gasteiger partial charge in [0.1, 0.15) is 12.6 Å². The minimum Gasteiger partial charge on any atom is -0.325 e. The molecule has 3 rings (SSSR count). The number of pyridine rings is 2. The smallest absolute Gasteiger partial charge is 0.246 e. The predicted molar refractivity (Wildman–Crippen MR) is 145 cm³/mol. The second kappa shape index (κ2) is 12.2. The van der Waals surface area contributed by atoms with Crippen LogP contribution >= 0.6 is 14.5 Å². The van der Waals surface area contributed by atoms with Gasteiger partial charge in [-0.25, -0.2) is 9.97 Å². The third kappa shape index (κ3) is 8.59. The van der Waals surface area contributed by atoms with Crippen molar-refractivity contribution in [2.75, 3.05) is 65.9 Å². The van der Waals surface area contributed by atoms with Crippen molar-refractivity contribution in [3.05, 3.63) is 46.8 Å². The maximum atomic E-state index is 12.9. The van der Waals surface area contributed by atoms with Crippen molar-refractivity contribution in [3.8, 4) is 0 Å². The van der Waals surface area contributed by atoms with Crippen molar-refractivity contribution in [1.82, 2.24) is 25.1 Å². The molecule has 1 atom stereocenters. The Morgan fingerprint density at radius 2 is 1.31 bits per heavy atom. The summed E-state index contributed by atoms with van der Waals surface area (Å²) in [5, 5.41) is 3.54. The van der Waals surface area contributed by atoms with Crippen molar-refractivity contribution in [1.29, 1.82) is 0 Å². The number of aromatic nitrogens is 2. The number of hydrogen-bond acceptors (Lipinski definition) is 8. The molecule has 0 bridgehead atoms. The molecule has 194 valence electrons. The number of nitrogens with one attached hydrogen (secondary N) is 1. The van der Waals surface area contributed by atoms with Crippen LogP contribution < -0.4 is 16.2 Å². The monoisotopic (exact) mass is 521 g/mol. The molecule has 1 N–H and O–H groups in total. The van der Waals surface area contributed by atoms with E-state index in [4.69, 9.17) is 14.5 Å². The van der Waals surface area contributed by atoms with Crippen LogP contribution in [0.1, 0.15) is 29.4 Å². The Morgan fingerprint density at radius 3 is 1.80 bits per heavy atom. The molecule has 0 aliphatic carbocycles. The zero-order valence-corrected chi connectivity index (χ0v) is 23.9. The molecular formula is C25H41N5O3P2. The Labute approximate surface area is 210 Å². The summed E-state index contributed by atoms with van der Waals surface area (Å²) in [5.74, 6) is 0. The van der Waals surface area contributed by atoms with Crippen LogP contribution in [-0.2, 0) is 26.7 Å². The molecule has 1 saturated heterocycles. The highest BCUT2D eigenvalue weighted by molar-refractivity contribution is 7.69. The van der Waals surface area contributed by atoms with Crippen LogP contribution in [0.4, 0.5) is 0 Å². The van der Waals surface area contributed by atoms with Gasteiger partial charge in [-0.05, 0) is 69.5 Å². The van der Waals surface area contributed by atoms with E-state index in [9.17, 15) is 9.13 Å². The zero-order valence-electron chi connectivity index (χ0n) is 22.1. The Morgan fingerprint density at radius 1 is 0.829 bits per heavy atom. The van der Waals surface area contributed by atoms with E-state index in [0.717, 1.165) is 68.3 Å². The van der Waals surface area contributed by atoms with Crippen LogP contribution in [0.3, 0.4) is 0 Å². The summed E-state index contributed by atoms with van der Waals surface area (Å²) in [7, 11) is -5.33. The predicted octanol–water partition coefficient (Wildman–Crippen LogP) is 2.82. The summed E-state index contributed by atoms with van der Waals surface area (Å²) in [4.78, 5) is 14.2. The molecular weight excluding hydrogens is 480 g/mol. The second-order valence-electron chi connectivity index (χ2n) is 9.90. The summed E-state index contributed by atoms with van der Waals surface area (Å²) >= 11 is 0. The second-order valence-corrected chi connectivity index (χ2v) is 15.5. The molecule has 8 nitrogen and oxygen atoms in total. The highest BCUT2D eigenvalue weighted by Crippen LogP contribution is 2.40. The van der Waals surface area contributed by atoms with Crippen LogP contribution in [0.2, 0.25) is 0 Å². The summed E-state index contributed by atoms with van der Waals surface area (Å²) in [6.07, 6.45) is 0. The van der Waals surface area contributed by atoms with E-state index in [1.807, 2.05) is 32.9 Å². The molecule has 2 aromatic rings. The van der Waals surface area contributed by atoms with Crippen LogP contribution in [0.5, 0.6) is 0 Å². The summed E-state index contributed by atoms with van der Waals surface area (Å²) < 4.78 is 31.1. The molecule has 10 heteroatoms. The van der Waals surface area contributed by atoms with E-state index >= 15 is 0 Å². The molecule has 0 radical (unpaired) electrons. The minimum absolute atomic E-state index is 0.401. The molecule has 35 heavy (non-hydrogen) atoms. The highest BCUT2D eigenvalue weighted by atomic mass is 31.2. The largest absolute Gasteiger partial charge is 0.325 e. The SMILES string of the molecule is CCOP(C)(=O)c1cc(C)cc(CN2CCNCCN(Cc3cc(C)cc(P(C)(C)=O)n3)CC2)n1. The van der Waals surface area contributed by atoms with E-state index in [0.29, 0.717) is 24.0 Å². The molecule has 1 aliphatic rings. The van der Waals surface area contributed by atoms with E-state index in [1.165, 1.54) is 0 Å². The van der Waals surface area contributed by atoms with Crippen LogP contribution in [0.15, 0.2) is 24.3 Å². The molecule has 2 aromatic heterocycles. The Hall–Kier alpha value is -1.40. The van der Waals surface area contributed by atoms with Gasteiger partial charge in [0.15, 0.2) is 0 Å². The van der Waals surface area contributed by atoms with Crippen LogP contribution in [-0.4, -0.2) is 85.6 Å². The highest BCUT2D eigenvalue weighted by Gasteiger charge is 2.22. The van der Waals surface area contributed by atoms with Gasteiger partial charge in [-0.3, -0.25) is 14.4 Å². The average molecular weight is 522 g/mol. The van der Waals surface area contributed by atoms with Crippen molar-refractivity contribution in [2.24, 2.45) is 0 Å². The molecule has 1 unspecified atom stereocenters. The molecule has 0 aromatic carbocycles. The summed E-state index contributed by atoms with van der Waals surface area (Å²) in [6.45, 7) is 18.3. The van der Waals surface area contributed by atoms with Gasteiger partial charge in [0.05, 0.1) is 23.4 Å². The fourth-order valence-corrected chi connectivity index (χ4v) is 6.54. The first-order valence-electron chi connectivity index (χ1n) is 12.3. The first-order chi connectivity index (χ1) is 16.5. The number of rotatable bonds is 8. The average Bonchev–Trinajstić information content (AvgIpc) is 2.85. The van der Waals surface area contributed by atoms with Crippen LogP contribution in [0, 0.1) is 13.8 Å². The van der Waals surface area contributed by atoms with Gasteiger partial charge in [0, 0.05) is 59.0 Å². The van der Waals surface area contributed by atoms with Gasteiger partial charge in [0.2, 0.25) is 7.37 Å². The minimum atomic E-state index is -2.92. The third-order valence-corrected chi connectivity index (χ3v) is 9.22. The topological polar surface area (TPSA) is 87.7 Å². The fourth-order valence-electron chi connectivity index (χ4n) is 4.28. The molecule has 1 aliphatic heterocycles. The Balaban J connectivity index is 1.72. The van der Waals surface area contributed by atoms with Gasteiger partial charge in [-0.15, -0.1) is 0 Å². The summed E-state index contributed by atoms with van der Waals surface area (Å²) in [5.41, 5.74) is 5.27. The van der Waals surface area contributed by atoms with E-state index < -0.39 is 14.5 Å². The number of hydrogen-bond donors (Lipinski definition) is 1. The maximum absolute atomic E-state index is 12.9. The van der Waals surface area contributed by atoms with Crippen LogP contribution in [0.25, 0.3) is 0 Å². The normalized spacial score (nSPS) is 18.5. The number of aryl methyl sites for hydroxylation is 2. The standard InChI is InChI=1S/C25H41N5O3P2/c1-7-33-35(6,32)25-17-21(3)15-23(28-25)19-30-11-9-26-8-10-29(12-13-30)18-22-14-20(2)16-24(27-22)34(4,5)31/h14-17,26H,7-13,18-19H2,1-6H3. The van der Waals surface area contributed by atoms with E-state index in [1.54, 1.807) is 20.0 Å². The lowest BCUT2D eigenvalue weighted by molar-refractivity contribution is 0.207. The fraction of sp³-hybridized carbons (Fsp3) is 0.600. The Bertz CT molecular complexity index is 1100. The quantitative estimate of drug-likeness (QED) is 0.531. The van der Waals surface area contributed by atoms with Gasteiger partial charge < -0.3 is 14.4 Å². The lowest BCUT2D eigenvalue weighted by Crippen LogP contribution is -2.36.